The monoisotopic (exact) mass is 328 g/mol. The van der Waals surface area contributed by atoms with Crippen LogP contribution in [0.15, 0.2) is 24.3 Å². The molecule has 4 N–H and O–H groups in total. The van der Waals surface area contributed by atoms with Crippen LogP contribution in [0.2, 0.25) is 0 Å². The molecule has 0 aliphatic heterocycles. The van der Waals surface area contributed by atoms with Crippen molar-refractivity contribution in [2.24, 2.45) is 0 Å². The molecular formula is C18H24N4O2. The topological polar surface area (TPSA) is 89.3 Å². The van der Waals surface area contributed by atoms with Gasteiger partial charge >= 0.3 is 6.09 Å². The standard InChI is InChI=1S/C18H24N4O2/c1-5-24-18(23)21-15-6-7-16(19)22-17(15)20-10-14-12(3)8-11(2)9-13(14)4/h6-9H,5,10H2,1-4H3,(H,21,23)(H3,19,20,22). The molecular weight excluding hydrogens is 304 g/mol. The molecule has 0 bridgehead atoms. The van der Waals surface area contributed by atoms with Crippen LogP contribution in [0.3, 0.4) is 0 Å². The fourth-order valence-electron chi connectivity index (χ4n) is 2.65. The van der Waals surface area contributed by atoms with E-state index < -0.39 is 6.09 Å². The summed E-state index contributed by atoms with van der Waals surface area (Å²) in [6.07, 6.45) is -0.519. The van der Waals surface area contributed by atoms with Crippen LogP contribution in [0, 0.1) is 20.8 Å². The van der Waals surface area contributed by atoms with Gasteiger partial charge in [0.25, 0.3) is 0 Å². The average molecular weight is 328 g/mol. The third-order valence-corrected chi connectivity index (χ3v) is 3.70. The minimum atomic E-state index is -0.519. The number of nitrogens with two attached hydrogens (primary N) is 1. The molecule has 0 atom stereocenters. The van der Waals surface area contributed by atoms with Gasteiger partial charge in [0, 0.05) is 6.54 Å². The summed E-state index contributed by atoms with van der Waals surface area (Å²) < 4.78 is 4.91. The van der Waals surface area contributed by atoms with E-state index >= 15 is 0 Å². The first kappa shape index (κ1) is 17.6. The SMILES string of the molecule is CCOC(=O)Nc1ccc(N)nc1NCc1c(C)cc(C)cc1C. The van der Waals surface area contributed by atoms with Gasteiger partial charge in [-0.3, -0.25) is 5.32 Å². The Kier molecular flexibility index (Phi) is 5.63. The zero-order chi connectivity index (χ0) is 17.7. The van der Waals surface area contributed by atoms with Crippen LogP contribution < -0.4 is 16.4 Å². The van der Waals surface area contributed by atoms with Gasteiger partial charge in [-0.1, -0.05) is 17.7 Å². The highest BCUT2D eigenvalue weighted by atomic mass is 16.5. The largest absolute Gasteiger partial charge is 0.450 e. The lowest BCUT2D eigenvalue weighted by Crippen LogP contribution is -2.16. The van der Waals surface area contributed by atoms with Gasteiger partial charge in [-0.25, -0.2) is 9.78 Å². The van der Waals surface area contributed by atoms with E-state index in [1.165, 1.54) is 22.3 Å². The summed E-state index contributed by atoms with van der Waals surface area (Å²) in [5.41, 5.74) is 11.2. The van der Waals surface area contributed by atoms with E-state index in [1.807, 2.05) is 0 Å². The number of nitrogen functional groups attached to an aromatic ring is 1. The van der Waals surface area contributed by atoms with Gasteiger partial charge in [0.15, 0.2) is 5.82 Å². The van der Waals surface area contributed by atoms with Crippen LogP contribution in [0.1, 0.15) is 29.2 Å². The van der Waals surface area contributed by atoms with Gasteiger partial charge in [0.05, 0.1) is 12.3 Å². The molecule has 0 fully saturated rings. The third kappa shape index (κ3) is 4.38. The Labute approximate surface area is 142 Å². The molecule has 2 aromatic rings. The number of amides is 1. The van der Waals surface area contributed by atoms with Gasteiger partial charge in [-0.15, -0.1) is 0 Å². The second-order valence-corrected chi connectivity index (χ2v) is 5.71. The minimum Gasteiger partial charge on any atom is -0.450 e. The molecule has 0 aliphatic rings. The summed E-state index contributed by atoms with van der Waals surface area (Å²) in [7, 11) is 0. The molecule has 24 heavy (non-hydrogen) atoms. The second kappa shape index (κ2) is 7.68. The lowest BCUT2D eigenvalue weighted by atomic mass is 10.00. The van der Waals surface area contributed by atoms with E-state index in [2.05, 4.69) is 48.5 Å². The Morgan fingerprint density at radius 3 is 2.50 bits per heavy atom. The van der Waals surface area contributed by atoms with Crippen molar-refractivity contribution in [1.29, 1.82) is 0 Å². The maximum atomic E-state index is 11.6. The van der Waals surface area contributed by atoms with Crippen molar-refractivity contribution in [2.45, 2.75) is 34.2 Å². The molecule has 6 heteroatoms. The summed E-state index contributed by atoms with van der Waals surface area (Å²) in [5.74, 6) is 0.895. The number of ether oxygens (including phenoxy) is 1. The molecule has 0 unspecified atom stereocenters. The highest BCUT2D eigenvalue weighted by Gasteiger charge is 2.11. The molecule has 0 aliphatic carbocycles. The van der Waals surface area contributed by atoms with E-state index in [-0.39, 0.29) is 0 Å². The van der Waals surface area contributed by atoms with Crippen LogP contribution in [0.4, 0.5) is 22.1 Å². The number of pyridine rings is 1. The molecule has 128 valence electrons. The Bertz CT molecular complexity index is 721. The van der Waals surface area contributed by atoms with E-state index in [9.17, 15) is 4.79 Å². The first-order valence-corrected chi connectivity index (χ1v) is 7.91. The Balaban J connectivity index is 2.20. The molecule has 2 rings (SSSR count). The Hall–Kier alpha value is -2.76. The van der Waals surface area contributed by atoms with Crippen molar-refractivity contribution in [1.82, 2.24) is 4.98 Å². The zero-order valence-electron chi connectivity index (χ0n) is 14.6. The first-order valence-electron chi connectivity index (χ1n) is 7.91. The Morgan fingerprint density at radius 2 is 1.88 bits per heavy atom. The quantitative estimate of drug-likeness (QED) is 0.777. The van der Waals surface area contributed by atoms with E-state index in [0.717, 1.165) is 0 Å². The fourth-order valence-corrected chi connectivity index (χ4v) is 2.65. The maximum absolute atomic E-state index is 11.6. The number of hydrogen-bond acceptors (Lipinski definition) is 5. The van der Waals surface area contributed by atoms with E-state index in [4.69, 9.17) is 10.5 Å². The normalized spacial score (nSPS) is 10.3. The zero-order valence-corrected chi connectivity index (χ0v) is 14.6. The number of aryl methyl sites for hydroxylation is 3. The molecule has 1 aromatic heterocycles. The van der Waals surface area contributed by atoms with E-state index in [0.29, 0.717) is 30.5 Å². The lowest BCUT2D eigenvalue weighted by molar-refractivity contribution is 0.168. The summed E-state index contributed by atoms with van der Waals surface area (Å²) in [6, 6.07) is 7.63. The van der Waals surface area contributed by atoms with Crippen molar-refractivity contribution in [3.8, 4) is 0 Å². The first-order chi connectivity index (χ1) is 11.4. The smallest absolute Gasteiger partial charge is 0.411 e. The predicted octanol–water partition coefficient (Wildman–Crippen LogP) is 3.77. The molecule has 6 nitrogen and oxygen atoms in total. The summed E-state index contributed by atoms with van der Waals surface area (Å²) in [4.78, 5) is 15.9. The predicted molar refractivity (Wildman–Crippen MR) is 97.3 cm³/mol. The molecule has 0 saturated heterocycles. The third-order valence-electron chi connectivity index (χ3n) is 3.70. The fraction of sp³-hybridized carbons (Fsp3) is 0.333. The van der Waals surface area contributed by atoms with Crippen molar-refractivity contribution in [3.63, 3.8) is 0 Å². The summed E-state index contributed by atoms with van der Waals surface area (Å²) >= 11 is 0. The number of nitrogens with zero attached hydrogens (tertiary/aromatic N) is 1. The summed E-state index contributed by atoms with van der Waals surface area (Å²) in [6.45, 7) is 8.90. The molecule has 1 heterocycles. The van der Waals surface area contributed by atoms with Gasteiger partial charge in [0.1, 0.15) is 5.82 Å². The average Bonchev–Trinajstić information content (AvgIpc) is 2.49. The van der Waals surface area contributed by atoms with Crippen molar-refractivity contribution >= 4 is 23.4 Å². The highest BCUT2D eigenvalue weighted by molar-refractivity contribution is 5.88. The van der Waals surface area contributed by atoms with Crippen LogP contribution >= 0.6 is 0 Å². The van der Waals surface area contributed by atoms with Gasteiger partial charge in [0.2, 0.25) is 0 Å². The van der Waals surface area contributed by atoms with Gasteiger partial charge < -0.3 is 15.8 Å². The number of carbonyl (C=O) groups excluding carboxylic acids is 1. The molecule has 0 saturated carbocycles. The number of benzene rings is 1. The number of rotatable bonds is 5. The molecule has 1 aromatic carbocycles. The van der Waals surface area contributed by atoms with Crippen molar-refractivity contribution in [3.05, 3.63) is 46.5 Å². The minimum absolute atomic E-state index is 0.304. The number of carbonyl (C=O) groups is 1. The van der Waals surface area contributed by atoms with Crippen LogP contribution in [-0.2, 0) is 11.3 Å². The van der Waals surface area contributed by atoms with Gasteiger partial charge in [-0.05, 0) is 56.5 Å². The number of anilines is 3. The molecule has 1 amide bonds. The Morgan fingerprint density at radius 1 is 1.21 bits per heavy atom. The number of hydrogen-bond donors (Lipinski definition) is 3. The van der Waals surface area contributed by atoms with Crippen molar-refractivity contribution < 1.29 is 9.53 Å². The number of aromatic nitrogens is 1. The second-order valence-electron chi connectivity index (χ2n) is 5.71. The van der Waals surface area contributed by atoms with Gasteiger partial charge in [-0.2, -0.15) is 0 Å². The summed E-state index contributed by atoms with van der Waals surface area (Å²) in [5, 5.41) is 5.93. The van der Waals surface area contributed by atoms with Crippen LogP contribution in [-0.4, -0.2) is 17.7 Å². The molecule has 0 radical (unpaired) electrons. The van der Waals surface area contributed by atoms with Crippen LogP contribution in [0.25, 0.3) is 0 Å². The van der Waals surface area contributed by atoms with E-state index in [1.54, 1.807) is 19.1 Å². The maximum Gasteiger partial charge on any atom is 0.411 e. The highest BCUT2D eigenvalue weighted by Crippen LogP contribution is 2.23. The van der Waals surface area contributed by atoms with Crippen LogP contribution in [0.5, 0.6) is 0 Å². The van der Waals surface area contributed by atoms with Crippen molar-refractivity contribution in [2.75, 3.05) is 23.0 Å². The lowest BCUT2D eigenvalue weighted by Gasteiger charge is -2.15. The molecule has 0 spiro atoms. The number of nitrogens with one attached hydrogen (secondary N) is 2.